The van der Waals surface area contributed by atoms with Crippen LogP contribution >= 0.6 is 11.3 Å². The maximum atomic E-state index is 13.0. The zero-order valence-corrected chi connectivity index (χ0v) is 15.2. The van der Waals surface area contributed by atoms with Crippen LogP contribution in [0.2, 0.25) is 0 Å². The molecule has 0 unspecified atom stereocenters. The summed E-state index contributed by atoms with van der Waals surface area (Å²) in [6.45, 7) is -0.124. The van der Waals surface area contributed by atoms with Gasteiger partial charge in [0.2, 0.25) is 5.82 Å². The molecule has 0 spiro atoms. The van der Waals surface area contributed by atoms with E-state index in [2.05, 4.69) is 20.1 Å². The molecule has 3 heterocycles. The molecule has 4 rings (SSSR count). The molecule has 0 aliphatic heterocycles. The number of pyridine rings is 1. The number of esters is 1. The van der Waals surface area contributed by atoms with Gasteiger partial charge < -0.3 is 9.26 Å². The Bertz CT molecular complexity index is 1080. The molecule has 0 aliphatic carbocycles. The third kappa shape index (κ3) is 4.26. The lowest BCUT2D eigenvalue weighted by Gasteiger charge is -1.99. The predicted molar refractivity (Wildman–Crippen MR) is 98.5 cm³/mol. The van der Waals surface area contributed by atoms with Crippen molar-refractivity contribution in [3.05, 3.63) is 71.4 Å². The van der Waals surface area contributed by atoms with Gasteiger partial charge in [-0.05, 0) is 36.4 Å². The number of halogens is 1. The molecule has 28 heavy (non-hydrogen) atoms. The molecular formula is C19H13FN4O3S. The van der Waals surface area contributed by atoms with Crippen molar-refractivity contribution >= 4 is 17.3 Å². The summed E-state index contributed by atoms with van der Waals surface area (Å²) < 4.78 is 23.2. The number of carbonyl (C=O) groups is 1. The Morgan fingerprint density at radius 2 is 2.00 bits per heavy atom. The maximum Gasteiger partial charge on any atom is 0.312 e. The summed E-state index contributed by atoms with van der Waals surface area (Å²) in [5.74, 6) is -0.359. The lowest BCUT2D eigenvalue weighted by molar-refractivity contribution is -0.144. The summed E-state index contributed by atoms with van der Waals surface area (Å²) in [6, 6.07) is 11.2. The van der Waals surface area contributed by atoms with Crippen molar-refractivity contribution in [1.82, 2.24) is 20.1 Å². The van der Waals surface area contributed by atoms with Crippen LogP contribution in [0, 0.1) is 5.82 Å². The second-order valence-electron chi connectivity index (χ2n) is 5.72. The summed E-state index contributed by atoms with van der Waals surface area (Å²) in [5.41, 5.74) is 1.94. The van der Waals surface area contributed by atoms with E-state index in [1.807, 2.05) is 18.2 Å². The van der Waals surface area contributed by atoms with Crippen LogP contribution < -0.4 is 0 Å². The molecular weight excluding hydrogens is 383 g/mol. The van der Waals surface area contributed by atoms with Crippen LogP contribution in [-0.4, -0.2) is 26.1 Å². The Kier molecular flexibility index (Phi) is 5.16. The van der Waals surface area contributed by atoms with Gasteiger partial charge in [-0.15, -0.1) is 11.3 Å². The van der Waals surface area contributed by atoms with E-state index < -0.39 is 5.97 Å². The minimum atomic E-state index is -0.453. The number of nitrogens with zero attached hydrogens (tertiary/aromatic N) is 4. The van der Waals surface area contributed by atoms with Crippen molar-refractivity contribution in [2.24, 2.45) is 0 Å². The van der Waals surface area contributed by atoms with Crippen molar-refractivity contribution in [3.8, 4) is 22.2 Å². The molecule has 0 fully saturated rings. The lowest BCUT2D eigenvalue weighted by atomic mass is 10.2. The van der Waals surface area contributed by atoms with E-state index in [1.165, 1.54) is 35.6 Å². The van der Waals surface area contributed by atoms with Crippen LogP contribution in [0.5, 0.6) is 0 Å². The summed E-state index contributed by atoms with van der Waals surface area (Å²) in [4.78, 5) is 24.8. The van der Waals surface area contributed by atoms with E-state index in [-0.39, 0.29) is 30.6 Å². The van der Waals surface area contributed by atoms with Crippen LogP contribution in [-0.2, 0) is 22.6 Å². The first-order valence-corrected chi connectivity index (χ1v) is 9.15. The van der Waals surface area contributed by atoms with E-state index in [4.69, 9.17) is 9.26 Å². The Morgan fingerprint density at radius 1 is 1.14 bits per heavy atom. The van der Waals surface area contributed by atoms with E-state index in [1.54, 1.807) is 11.6 Å². The van der Waals surface area contributed by atoms with Crippen LogP contribution in [0.1, 0.15) is 11.5 Å². The average molecular weight is 396 g/mol. The van der Waals surface area contributed by atoms with Gasteiger partial charge in [0, 0.05) is 17.1 Å². The molecule has 0 atom stereocenters. The van der Waals surface area contributed by atoms with Crippen molar-refractivity contribution < 1.29 is 18.4 Å². The van der Waals surface area contributed by atoms with Gasteiger partial charge in [0.05, 0.1) is 17.8 Å². The molecule has 0 amide bonds. The lowest BCUT2D eigenvalue weighted by Crippen LogP contribution is -2.09. The predicted octanol–water partition coefficient (Wildman–Crippen LogP) is 3.68. The molecule has 0 N–H and O–H groups in total. The fourth-order valence-corrected chi connectivity index (χ4v) is 3.16. The first-order valence-electron chi connectivity index (χ1n) is 8.27. The van der Waals surface area contributed by atoms with Crippen LogP contribution in [0.15, 0.2) is 58.6 Å². The number of rotatable bonds is 6. The fourth-order valence-electron chi connectivity index (χ4n) is 2.36. The minimum Gasteiger partial charge on any atom is -0.457 e. The topological polar surface area (TPSA) is 91.0 Å². The van der Waals surface area contributed by atoms with Crippen LogP contribution in [0.25, 0.3) is 22.2 Å². The number of carbonyl (C=O) groups excluding carboxylic acids is 1. The normalized spacial score (nSPS) is 10.8. The van der Waals surface area contributed by atoms with Crippen molar-refractivity contribution in [2.45, 2.75) is 13.0 Å². The van der Waals surface area contributed by atoms with Gasteiger partial charge in [0.1, 0.15) is 10.8 Å². The van der Waals surface area contributed by atoms with Gasteiger partial charge in [0.15, 0.2) is 6.61 Å². The molecule has 0 aliphatic rings. The molecule has 0 radical (unpaired) electrons. The molecule has 0 saturated carbocycles. The molecule has 7 nitrogen and oxygen atoms in total. The summed E-state index contributed by atoms with van der Waals surface area (Å²) in [6.07, 6.45) is 1.72. The van der Waals surface area contributed by atoms with Crippen molar-refractivity contribution in [2.75, 3.05) is 0 Å². The summed E-state index contributed by atoms with van der Waals surface area (Å²) in [7, 11) is 0. The SMILES string of the molecule is O=C(Cc1csc(-c2ccccn2)n1)OCc1noc(-c2ccc(F)cc2)n1. The molecule has 0 saturated heterocycles. The third-order valence-corrected chi connectivity index (χ3v) is 4.60. The fraction of sp³-hybridized carbons (Fsp3) is 0.105. The number of ether oxygens (including phenoxy) is 1. The second kappa shape index (κ2) is 8.05. The third-order valence-electron chi connectivity index (χ3n) is 3.68. The second-order valence-corrected chi connectivity index (χ2v) is 6.58. The number of benzene rings is 1. The monoisotopic (exact) mass is 396 g/mol. The first kappa shape index (κ1) is 17.9. The highest BCUT2D eigenvalue weighted by atomic mass is 32.1. The molecule has 140 valence electrons. The largest absolute Gasteiger partial charge is 0.457 e. The van der Waals surface area contributed by atoms with Crippen LogP contribution in [0.3, 0.4) is 0 Å². The number of thiazole rings is 1. The maximum absolute atomic E-state index is 13.0. The Balaban J connectivity index is 1.33. The minimum absolute atomic E-state index is 0.0337. The van der Waals surface area contributed by atoms with Gasteiger partial charge >= 0.3 is 5.97 Å². The van der Waals surface area contributed by atoms with E-state index >= 15 is 0 Å². The highest BCUT2D eigenvalue weighted by molar-refractivity contribution is 7.13. The molecule has 3 aromatic heterocycles. The average Bonchev–Trinajstić information content (AvgIpc) is 3.37. The van der Waals surface area contributed by atoms with Gasteiger partial charge in [-0.1, -0.05) is 11.2 Å². The zero-order valence-electron chi connectivity index (χ0n) is 14.4. The standard InChI is InChI=1S/C19H13FN4O3S/c20-13-6-4-12(5-7-13)18-23-16(24-27-18)10-26-17(25)9-14-11-28-19(22-14)15-3-1-2-8-21-15/h1-8,11H,9-10H2. The Morgan fingerprint density at radius 3 is 2.79 bits per heavy atom. The molecule has 1 aromatic carbocycles. The van der Waals surface area contributed by atoms with E-state index in [0.717, 1.165) is 10.7 Å². The quantitative estimate of drug-likeness (QED) is 0.459. The summed E-state index contributed by atoms with van der Waals surface area (Å²) >= 11 is 1.41. The number of aromatic nitrogens is 4. The van der Waals surface area contributed by atoms with Crippen LogP contribution in [0.4, 0.5) is 4.39 Å². The smallest absolute Gasteiger partial charge is 0.312 e. The van der Waals surface area contributed by atoms with Crippen molar-refractivity contribution in [1.29, 1.82) is 0 Å². The highest BCUT2D eigenvalue weighted by Crippen LogP contribution is 2.22. The molecule has 4 aromatic rings. The summed E-state index contributed by atoms with van der Waals surface area (Å²) in [5, 5.41) is 6.30. The molecule has 9 heteroatoms. The first-order chi connectivity index (χ1) is 13.7. The van der Waals surface area contributed by atoms with Gasteiger partial charge in [-0.25, -0.2) is 9.37 Å². The Labute approximate surface area is 162 Å². The zero-order chi connectivity index (χ0) is 19.3. The van der Waals surface area contributed by atoms with Gasteiger partial charge in [-0.3, -0.25) is 9.78 Å². The van der Waals surface area contributed by atoms with E-state index in [9.17, 15) is 9.18 Å². The number of hydrogen-bond acceptors (Lipinski definition) is 8. The highest BCUT2D eigenvalue weighted by Gasteiger charge is 2.14. The van der Waals surface area contributed by atoms with Gasteiger partial charge in [0.25, 0.3) is 5.89 Å². The van der Waals surface area contributed by atoms with Crippen molar-refractivity contribution in [3.63, 3.8) is 0 Å². The molecule has 0 bridgehead atoms. The Hall–Kier alpha value is -3.46. The van der Waals surface area contributed by atoms with E-state index in [0.29, 0.717) is 11.3 Å². The van der Waals surface area contributed by atoms with Gasteiger partial charge in [-0.2, -0.15) is 4.98 Å². The number of hydrogen-bond donors (Lipinski definition) is 0.